The van der Waals surface area contributed by atoms with Crippen LogP contribution >= 0.6 is 0 Å². The number of piperazine rings is 1. The van der Waals surface area contributed by atoms with Gasteiger partial charge in [0.15, 0.2) is 5.78 Å². The monoisotopic (exact) mass is 333 g/mol. The van der Waals surface area contributed by atoms with Crippen molar-refractivity contribution in [1.29, 1.82) is 0 Å². The first-order valence-electron chi connectivity index (χ1n) is 8.27. The van der Waals surface area contributed by atoms with Gasteiger partial charge in [0.1, 0.15) is 0 Å². The van der Waals surface area contributed by atoms with Gasteiger partial charge in [0.2, 0.25) is 5.95 Å². The molecule has 0 aliphatic carbocycles. The van der Waals surface area contributed by atoms with Crippen molar-refractivity contribution in [1.82, 2.24) is 19.8 Å². The third-order valence-corrected chi connectivity index (χ3v) is 4.46. The number of ether oxygens (including phenoxy) is 1. The highest BCUT2D eigenvalue weighted by Crippen LogP contribution is 2.15. The van der Waals surface area contributed by atoms with Crippen LogP contribution in [0.3, 0.4) is 0 Å². The van der Waals surface area contributed by atoms with Crippen LogP contribution in [-0.4, -0.2) is 84.1 Å². The first kappa shape index (κ1) is 16.6. The van der Waals surface area contributed by atoms with E-state index < -0.39 is 0 Å². The molecule has 0 saturated carbocycles. The van der Waals surface area contributed by atoms with Crippen LogP contribution in [0.2, 0.25) is 0 Å². The molecule has 2 aliphatic rings. The smallest absolute Gasteiger partial charge is 0.320 e. The van der Waals surface area contributed by atoms with Gasteiger partial charge in [0.05, 0.1) is 24.5 Å². The van der Waals surface area contributed by atoms with Crippen molar-refractivity contribution in [3.63, 3.8) is 0 Å². The quantitative estimate of drug-likeness (QED) is 0.736. The number of aryl methyl sites for hydroxylation is 1. The average molecular weight is 333 g/mol. The maximum atomic E-state index is 12.5. The van der Waals surface area contributed by atoms with E-state index in [0.717, 1.165) is 0 Å². The van der Waals surface area contributed by atoms with Gasteiger partial charge in [-0.15, -0.1) is 0 Å². The number of Topliss-reactive ketones (excluding diaryl/α,β-unsaturated/α-hetero) is 1. The first-order valence-corrected chi connectivity index (χ1v) is 8.27. The maximum absolute atomic E-state index is 12.5. The number of nitrogens with zero attached hydrogens (tertiary/aromatic N) is 5. The van der Waals surface area contributed by atoms with E-state index in [4.69, 9.17) is 4.74 Å². The normalized spacial score (nSPS) is 18.7. The summed E-state index contributed by atoms with van der Waals surface area (Å²) in [7, 11) is 0. The lowest BCUT2D eigenvalue weighted by atomic mass is 10.2. The Labute approximate surface area is 141 Å². The van der Waals surface area contributed by atoms with Crippen LogP contribution in [-0.2, 0) is 4.74 Å². The summed E-state index contributed by atoms with van der Waals surface area (Å²) < 4.78 is 5.29. The topological polar surface area (TPSA) is 78.9 Å². The van der Waals surface area contributed by atoms with Crippen molar-refractivity contribution in [2.75, 3.05) is 57.4 Å². The molecule has 0 bridgehead atoms. The fourth-order valence-electron chi connectivity index (χ4n) is 3.01. The zero-order valence-corrected chi connectivity index (χ0v) is 14.2. The highest BCUT2D eigenvalue weighted by atomic mass is 16.5. The molecule has 0 aromatic carbocycles. The van der Waals surface area contributed by atoms with E-state index in [0.29, 0.717) is 69.7 Å². The molecule has 8 nitrogen and oxygen atoms in total. The molecule has 8 heteroatoms. The van der Waals surface area contributed by atoms with E-state index >= 15 is 0 Å². The molecule has 3 heterocycles. The number of rotatable bonds is 2. The number of carbonyl (C=O) groups is 2. The van der Waals surface area contributed by atoms with Crippen LogP contribution in [0.15, 0.2) is 6.20 Å². The third-order valence-electron chi connectivity index (χ3n) is 4.46. The summed E-state index contributed by atoms with van der Waals surface area (Å²) in [5.41, 5.74) is 1.25. The van der Waals surface area contributed by atoms with Gasteiger partial charge >= 0.3 is 6.03 Å². The lowest BCUT2D eigenvalue weighted by Gasteiger charge is -2.38. The highest BCUT2D eigenvalue weighted by molar-refractivity contribution is 5.94. The van der Waals surface area contributed by atoms with Gasteiger partial charge in [-0.05, 0) is 13.8 Å². The zero-order valence-electron chi connectivity index (χ0n) is 14.2. The van der Waals surface area contributed by atoms with Crippen molar-refractivity contribution in [2.24, 2.45) is 0 Å². The Morgan fingerprint density at radius 2 is 1.67 bits per heavy atom. The molecule has 0 spiro atoms. The number of amides is 2. The molecule has 2 aliphatic heterocycles. The Balaban J connectivity index is 1.59. The second kappa shape index (κ2) is 7.12. The van der Waals surface area contributed by atoms with Gasteiger partial charge in [-0.1, -0.05) is 0 Å². The van der Waals surface area contributed by atoms with Gasteiger partial charge in [-0.2, -0.15) is 0 Å². The Bertz CT molecular complexity index is 622. The minimum atomic E-state index is -0.0278. The molecule has 3 rings (SSSR count). The van der Waals surface area contributed by atoms with Gasteiger partial charge in [-0.25, -0.2) is 14.8 Å². The van der Waals surface area contributed by atoms with E-state index in [2.05, 4.69) is 14.9 Å². The number of morpholine rings is 1. The van der Waals surface area contributed by atoms with E-state index in [1.807, 2.05) is 16.7 Å². The molecule has 130 valence electrons. The third kappa shape index (κ3) is 3.48. The van der Waals surface area contributed by atoms with E-state index in [9.17, 15) is 9.59 Å². The minimum Gasteiger partial charge on any atom is -0.378 e. The molecule has 2 amide bonds. The van der Waals surface area contributed by atoms with Gasteiger partial charge in [-0.3, -0.25) is 4.79 Å². The van der Waals surface area contributed by atoms with E-state index in [-0.39, 0.29) is 11.8 Å². The molecular formula is C16H23N5O3. The number of carbonyl (C=O) groups excluding carboxylic acids is 2. The highest BCUT2D eigenvalue weighted by Gasteiger charge is 2.27. The number of aromatic nitrogens is 2. The number of hydrogen-bond acceptors (Lipinski definition) is 6. The predicted octanol–water partition coefficient (Wildman–Crippen LogP) is 0.562. The molecular weight excluding hydrogens is 310 g/mol. The summed E-state index contributed by atoms with van der Waals surface area (Å²) in [5, 5.41) is 0. The summed E-state index contributed by atoms with van der Waals surface area (Å²) in [6.45, 7) is 8.55. The molecule has 0 atom stereocenters. The van der Waals surface area contributed by atoms with Crippen LogP contribution in [0.5, 0.6) is 0 Å². The fraction of sp³-hybridized carbons (Fsp3) is 0.625. The summed E-state index contributed by atoms with van der Waals surface area (Å²) in [6, 6.07) is 0.0852. The summed E-state index contributed by atoms with van der Waals surface area (Å²) in [5.74, 6) is 0.593. The standard InChI is InChI=1S/C16H23N5O3/c1-12-14(13(2)22)11-17-15(18-12)19-3-5-20(6-4-19)16(23)21-7-9-24-10-8-21/h11H,3-10H2,1-2H3. The zero-order chi connectivity index (χ0) is 17.1. The maximum Gasteiger partial charge on any atom is 0.320 e. The summed E-state index contributed by atoms with van der Waals surface area (Å²) in [6.07, 6.45) is 1.59. The van der Waals surface area contributed by atoms with E-state index in [1.165, 1.54) is 6.92 Å². The summed E-state index contributed by atoms with van der Waals surface area (Å²) >= 11 is 0. The largest absolute Gasteiger partial charge is 0.378 e. The lowest BCUT2D eigenvalue weighted by Crippen LogP contribution is -2.55. The van der Waals surface area contributed by atoms with Crippen LogP contribution in [0, 0.1) is 6.92 Å². The number of urea groups is 1. The molecule has 1 aromatic heterocycles. The van der Waals surface area contributed by atoms with Crippen molar-refractivity contribution >= 4 is 17.8 Å². The average Bonchev–Trinajstić information content (AvgIpc) is 2.61. The molecule has 1 aromatic rings. The number of anilines is 1. The van der Waals surface area contributed by atoms with Gasteiger partial charge in [0, 0.05) is 45.5 Å². The molecule has 0 radical (unpaired) electrons. The molecule has 2 fully saturated rings. The molecule has 0 N–H and O–H groups in total. The fourth-order valence-corrected chi connectivity index (χ4v) is 3.01. The minimum absolute atomic E-state index is 0.0278. The number of ketones is 1. The van der Waals surface area contributed by atoms with E-state index in [1.54, 1.807) is 6.20 Å². The number of hydrogen-bond donors (Lipinski definition) is 0. The van der Waals surface area contributed by atoms with Crippen molar-refractivity contribution in [3.8, 4) is 0 Å². The van der Waals surface area contributed by atoms with Crippen LogP contribution in [0.1, 0.15) is 23.0 Å². The van der Waals surface area contributed by atoms with Crippen molar-refractivity contribution in [2.45, 2.75) is 13.8 Å². The van der Waals surface area contributed by atoms with Crippen LogP contribution in [0.25, 0.3) is 0 Å². The first-order chi connectivity index (χ1) is 11.6. The Kier molecular flexibility index (Phi) is 4.94. The van der Waals surface area contributed by atoms with Crippen molar-refractivity contribution in [3.05, 3.63) is 17.5 Å². The SMILES string of the molecule is CC(=O)c1cnc(N2CCN(C(=O)N3CCOCC3)CC2)nc1C. The Hall–Kier alpha value is -2.22. The predicted molar refractivity (Wildman–Crippen MR) is 88.3 cm³/mol. The van der Waals surface area contributed by atoms with Crippen LogP contribution < -0.4 is 4.90 Å². The Morgan fingerprint density at radius 1 is 1.04 bits per heavy atom. The van der Waals surface area contributed by atoms with Gasteiger partial charge in [0.25, 0.3) is 0 Å². The molecule has 24 heavy (non-hydrogen) atoms. The second-order valence-electron chi connectivity index (χ2n) is 6.08. The van der Waals surface area contributed by atoms with Gasteiger partial charge < -0.3 is 19.4 Å². The summed E-state index contributed by atoms with van der Waals surface area (Å²) in [4.78, 5) is 38.5. The Morgan fingerprint density at radius 3 is 2.25 bits per heavy atom. The molecule has 0 unspecified atom stereocenters. The molecule has 2 saturated heterocycles. The van der Waals surface area contributed by atoms with Crippen LogP contribution in [0.4, 0.5) is 10.7 Å². The lowest BCUT2D eigenvalue weighted by molar-refractivity contribution is 0.0428. The van der Waals surface area contributed by atoms with Crippen molar-refractivity contribution < 1.29 is 14.3 Å². The second-order valence-corrected chi connectivity index (χ2v) is 6.08.